The molecule has 0 unspecified atom stereocenters. The van der Waals surface area contributed by atoms with Crippen LogP contribution < -0.4 is 5.43 Å². The number of nitrogens with one attached hydrogen (secondary N) is 1. The number of nitrogens with zero attached hydrogens (tertiary/aromatic N) is 4. The summed E-state index contributed by atoms with van der Waals surface area (Å²) in [5, 5.41) is 13.3. The van der Waals surface area contributed by atoms with Crippen LogP contribution in [0.15, 0.2) is 23.0 Å². The van der Waals surface area contributed by atoms with Gasteiger partial charge in [-0.15, -0.1) is 10.2 Å². The van der Waals surface area contributed by atoms with E-state index in [2.05, 4.69) is 20.6 Å². The number of rotatable bonds is 2. The molecule has 8 heteroatoms. The maximum absolute atomic E-state index is 14.0. The fourth-order valence-electron chi connectivity index (χ4n) is 2.14. The quantitative estimate of drug-likeness (QED) is 0.762. The average Bonchev–Trinajstić information content (AvgIpc) is 2.87. The SMILES string of the molecule is Cc1cc(=O)c2cc(F)cc(F)c2n1Cc1nn[nH]n1. The van der Waals surface area contributed by atoms with Crippen molar-refractivity contribution in [3.8, 4) is 0 Å². The molecule has 0 aliphatic rings. The van der Waals surface area contributed by atoms with E-state index in [-0.39, 0.29) is 17.4 Å². The number of aromatic nitrogens is 5. The number of benzene rings is 1. The van der Waals surface area contributed by atoms with Gasteiger partial charge < -0.3 is 4.57 Å². The first-order chi connectivity index (χ1) is 9.56. The summed E-state index contributed by atoms with van der Waals surface area (Å²) in [6.45, 7) is 1.78. The number of pyridine rings is 1. The minimum Gasteiger partial charge on any atom is -0.334 e. The van der Waals surface area contributed by atoms with Crippen LogP contribution in [0.2, 0.25) is 0 Å². The second-order valence-corrected chi connectivity index (χ2v) is 4.35. The molecule has 1 aromatic carbocycles. The summed E-state index contributed by atoms with van der Waals surface area (Å²) in [4.78, 5) is 11.9. The van der Waals surface area contributed by atoms with Crippen LogP contribution in [0.4, 0.5) is 8.78 Å². The Kier molecular flexibility index (Phi) is 2.78. The minimum atomic E-state index is -0.802. The number of H-pyrrole nitrogens is 1. The molecule has 0 radical (unpaired) electrons. The maximum atomic E-state index is 14.0. The number of halogens is 2. The standard InChI is InChI=1S/C12H9F2N5O/c1-6-2-10(20)8-3-7(13)4-9(14)12(8)19(6)5-11-15-17-18-16-11/h2-4H,5H2,1H3,(H,15,16,17,18). The van der Waals surface area contributed by atoms with E-state index in [1.165, 1.54) is 10.6 Å². The largest absolute Gasteiger partial charge is 0.334 e. The van der Waals surface area contributed by atoms with E-state index in [0.717, 1.165) is 12.1 Å². The Labute approximate surface area is 111 Å². The summed E-state index contributed by atoms with van der Waals surface area (Å²) in [7, 11) is 0. The van der Waals surface area contributed by atoms with Gasteiger partial charge in [0.1, 0.15) is 5.82 Å². The molecule has 0 aliphatic carbocycles. The van der Waals surface area contributed by atoms with Crippen LogP contribution in [-0.2, 0) is 6.54 Å². The predicted molar refractivity (Wildman–Crippen MR) is 66.1 cm³/mol. The number of tetrazole rings is 1. The third-order valence-electron chi connectivity index (χ3n) is 3.02. The molecular weight excluding hydrogens is 268 g/mol. The maximum Gasteiger partial charge on any atom is 0.194 e. The Hall–Kier alpha value is -2.64. The molecule has 2 aromatic heterocycles. The van der Waals surface area contributed by atoms with E-state index >= 15 is 0 Å². The van der Waals surface area contributed by atoms with Gasteiger partial charge in [-0.05, 0) is 13.0 Å². The molecule has 3 rings (SSSR count). The molecule has 102 valence electrons. The molecule has 6 nitrogen and oxygen atoms in total. The van der Waals surface area contributed by atoms with Crippen molar-refractivity contribution >= 4 is 10.9 Å². The molecule has 0 spiro atoms. The predicted octanol–water partition coefficient (Wildman–Crippen LogP) is 1.15. The molecule has 0 saturated carbocycles. The molecule has 3 aromatic rings. The lowest BCUT2D eigenvalue weighted by atomic mass is 10.1. The third-order valence-corrected chi connectivity index (χ3v) is 3.02. The number of hydrogen-bond acceptors (Lipinski definition) is 4. The highest BCUT2D eigenvalue weighted by atomic mass is 19.1. The minimum absolute atomic E-state index is 0.0170. The molecule has 0 atom stereocenters. The van der Waals surface area contributed by atoms with Crippen LogP contribution in [0, 0.1) is 18.6 Å². The Morgan fingerprint density at radius 3 is 2.80 bits per heavy atom. The van der Waals surface area contributed by atoms with E-state index in [0.29, 0.717) is 11.5 Å². The fourth-order valence-corrected chi connectivity index (χ4v) is 2.14. The Bertz CT molecular complexity index is 841. The Morgan fingerprint density at radius 1 is 1.30 bits per heavy atom. The first kappa shape index (κ1) is 12.4. The lowest BCUT2D eigenvalue weighted by Crippen LogP contribution is -2.15. The van der Waals surface area contributed by atoms with Crippen LogP contribution >= 0.6 is 0 Å². The molecule has 1 N–H and O–H groups in total. The third kappa shape index (κ3) is 1.94. The first-order valence-corrected chi connectivity index (χ1v) is 5.78. The second kappa shape index (κ2) is 4.48. The van der Waals surface area contributed by atoms with Gasteiger partial charge in [0.25, 0.3) is 0 Å². The zero-order chi connectivity index (χ0) is 14.3. The number of hydrogen-bond donors (Lipinski definition) is 1. The monoisotopic (exact) mass is 277 g/mol. The van der Waals surface area contributed by atoms with Crippen LogP contribution in [0.5, 0.6) is 0 Å². The van der Waals surface area contributed by atoms with Crippen molar-refractivity contribution in [2.75, 3.05) is 0 Å². The van der Waals surface area contributed by atoms with E-state index in [4.69, 9.17) is 0 Å². The smallest absolute Gasteiger partial charge is 0.194 e. The van der Waals surface area contributed by atoms with Crippen LogP contribution in [0.25, 0.3) is 10.9 Å². The summed E-state index contributed by atoms with van der Waals surface area (Å²) in [6.07, 6.45) is 0. The van der Waals surface area contributed by atoms with Gasteiger partial charge in [-0.1, -0.05) is 5.21 Å². The number of aryl methyl sites for hydroxylation is 1. The van der Waals surface area contributed by atoms with Crippen molar-refractivity contribution in [2.24, 2.45) is 0 Å². The van der Waals surface area contributed by atoms with Gasteiger partial charge in [0.2, 0.25) is 0 Å². The summed E-state index contributed by atoms with van der Waals surface area (Å²) in [5.41, 5.74) is 0.124. The topological polar surface area (TPSA) is 76.5 Å². The van der Waals surface area contributed by atoms with E-state index in [1.54, 1.807) is 6.92 Å². The molecule has 20 heavy (non-hydrogen) atoms. The molecule has 0 bridgehead atoms. The normalized spacial score (nSPS) is 11.2. The first-order valence-electron chi connectivity index (χ1n) is 5.78. The molecule has 0 aliphatic heterocycles. The molecule has 0 fully saturated rings. The highest BCUT2D eigenvalue weighted by Crippen LogP contribution is 2.19. The van der Waals surface area contributed by atoms with Gasteiger partial charge in [0, 0.05) is 17.8 Å². The van der Waals surface area contributed by atoms with Crippen molar-refractivity contribution < 1.29 is 8.78 Å². The van der Waals surface area contributed by atoms with Gasteiger partial charge in [-0.3, -0.25) is 4.79 Å². The summed E-state index contributed by atoms with van der Waals surface area (Å²) in [6, 6.07) is 3.09. The highest BCUT2D eigenvalue weighted by Gasteiger charge is 2.14. The molecule has 0 amide bonds. The summed E-state index contributed by atoms with van der Waals surface area (Å²) < 4.78 is 28.8. The van der Waals surface area contributed by atoms with Crippen molar-refractivity contribution in [1.29, 1.82) is 0 Å². The van der Waals surface area contributed by atoms with Crippen LogP contribution in [0.3, 0.4) is 0 Å². The van der Waals surface area contributed by atoms with Gasteiger partial charge in [-0.2, -0.15) is 5.21 Å². The van der Waals surface area contributed by atoms with Gasteiger partial charge in [-0.25, -0.2) is 8.78 Å². The lowest BCUT2D eigenvalue weighted by Gasteiger charge is -2.13. The highest BCUT2D eigenvalue weighted by molar-refractivity contribution is 5.80. The Morgan fingerprint density at radius 2 is 2.10 bits per heavy atom. The Balaban J connectivity index is 2.33. The van der Waals surface area contributed by atoms with Crippen molar-refractivity contribution in [3.05, 3.63) is 51.6 Å². The van der Waals surface area contributed by atoms with Gasteiger partial charge in [0.05, 0.1) is 17.4 Å². The van der Waals surface area contributed by atoms with Crippen LogP contribution in [0.1, 0.15) is 11.5 Å². The van der Waals surface area contributed by atoms with E-state index in [1.807, 2.05) is 0 Å². The zero-order valence-electron chi connectivity index (χ0n) is 10.4. The van der Waals surface area contributed by atoms with E-state index in [9.17, 15) is 13.6 Å². The fraction of sp³-hybridized carbons (Fsp3) is 0.167. The van der Waals surface area contributed by atoms with Gasteiger partial charge in [0.15, 0.2) is 17.1 Å². The van der Waals surface area contributed by atoms with E-state index < -0.39 is 17.1 Å². The average molecular weight is 277 g/mol. The van der Waals surface area contributed by atoms with Crippen molar-refractivity contribution in [3.63, 3.8) is 0 Å². The zero-order valence-corrected chi connectivity index (χ0v) is 10.4. The number of fused-ring (bicyclic) bond motifs is 1. The summed E-state index contributed by atoms with van der Waals surface area (Å²) in [5.74, 6) is -1.26. The lowest BCUT2D eigenvalue weighted by molar-refractivity contribution is 0.583. The molecule has 0 saturated heterocycles. The van der Waals surface area contributed by atoms with Crippen molar-refractivity contribution in [2.45, 2.75) is 13.5 Å². The number of aromatic amines is 1. The molecular formula is C12H9F2N5O. The van der Waals surface area contributed by atoms with Gasteiger partial charge >= 0.3 is 0 Å². The summed E-state index contributed by atoms with van der Waals surface area (Å²) >= 11 is 0. The van der Waals surface area contributed by atoms with Crippen molar-refractivity contribution in [1.82, 2.24) is 25.2 Å². The van der Waals surface area contributed by atoms with Crippen LogP contribution in [-0.4, -0.2) is 25.2 Å². The molecule has 2 heterocycles. The second-order valence-electron chi connectivity index (χ2n) is 4.35.